The molecule has 0 unspecified atom stereocenters. The largest absolute Gasteiger partial charge is 0.447 e. The molecule has 5 nitrogen and oxygen atoms in total. The Morgan fingerprint density at radius 2 is 1.90 bits per heavy atom. The minimum absolute atomic E-state index is 0.226. The van der Waals surface area contributed by atoms with Crippen LogP contribution in [0.5, 0.6) is 0 Å². The average Bonchev–Trinajstić information content (AvgIpc) is 3.17. The fourth-order valence-corrected chi connectivity index (χ4v) is 3.29. The Kier molecular flexibility index (Phi) is 7.31. The third kappa shape index (κ3) is 6.07. The molecule has 29 heavy (non-hydrogen) atoms. The number of benzene rings is 2. The number of carbonyl (C=O) groups is 1. The van der Waals surface area contributed by atoms with Gasteiger partial charge in [0.1, 0.15) is 6.26 Å². The number of carbonyl (C=O) groups excluding carboxylic acids is 1. The molecule has 1 heterocycles. The molecule has 1 amide bonds. The van der Waals surface area contributed by atoms with E-state index in [9.17, 15) is 4.79 Å². The van der Waals surface area contributed by atoms with Crippen molar-refractivity contribution in [3.8, 4) is 0 Å². The van der Waals surface area contributed by atoms with E-state index in [2.05, 4.69) is 29.0 Å². The number of nitrogens with zero attached hydrogens (tertiary/aromatic N) is 2. The van der Waals surface area contributed by atoms with Gasteiger partial charge in [-0.05, 0) is 37.1 Å². The Bertz CT molecular complexity index is 958. The topological polar surface area (TPSA) is 58.4 Å². The van der Waals surface area contributed by atoms with Crippen molar-refractivity contribution in [2.24, 2.45) is 0 Å². The van der Waals surface area contributed by atoms with Gasteiger partial charge in [-0.1, -0.05) is 59.6 Å². The van der Waals surface area contributed by atoms with Crippen molar-refractivity contribution >= 4 is 29.1 Å². The highest BCUT2D eigenvalue weighted by Gasteiger charge is 2.18. The van der Waals surface area contributed by atoms with Crippen molar-refractivity contribution in [2.45, 2.75) is 39.5 Å². The number of hydrogen-bond acceptors (Lipinski definition) is 4. The summed E-state index contributed by atoms with van der Waals surface area (Å²) in [4.78, 5) is 18.8. The van der Waals surface area contributed by atoms with E-state index in [1.54, 1.807) is 6.07 Å². The zero-order valence-corrected chi connectivity index (χ0v) is 17.9. The molecule has 3 rings (SSSR count). The van der Waals surface area contributed by atoms with Crippen LogP contribution in [0, 0.1) is 0 Å². The highest BCUT2D eigenvalue weighted by molar-refractivity contribution is 6.35. The Morgan fingerprint density at radius 3 is 2.59 bits per heavy atom. The molecule has 0 bridgehead atoms. The molecule has 0 aliphatic carbocycles. The van der Waals surface area contributed by atoms with Gasteiger partial charge in [0.05, 0.1) is 6.54 Å². The van der Waals surface area contributed by atoms with Crippen molar-refractivity contribution < 1.29 is 9.21 Å². The Labute approximate surface area is 180 Å². The van der Waals surface area contributed by atoms with Crippen molar-refractivity contribution in [2.75, 3.05) is 0 Å². The number of aromatic nitrogens is 1. The molecular weight excluding hydrogens is 409 g/mol. The lowest BCUT2D eigenvalue weighted by molar-refractivity contribution is 0.0945. The van der Waals surface area contributed by atoms with Gasteiger partial charge in [0.2, 0.25) is 5.89 Å². The van der Waals surface area contributed by atoms with Gasteiger partial charge >= 0.3 is 0 Å². The van der Waals surface area contributed by atoms with E-state index in [0.29, 0.717) is 35.6 Å². The molecule has 1 aromatic heterocycles. The Morgan fingerprint density at radius 1 is 1.14 bits per heavy atom. The maximum atomic E-state index is 12.3. The SMILES string of the molecule is CC(C)N(Cc1nc(C(=O)NCc2ccccc2)co1)Cc1ccc(Cl)cc1Cl. The summed E-state index contributed by atoms with van der Waals surface area (Å²) in [6.45, 7) is 5.68. The highest BCUT2D eigenvalue weighted by Crippen LogP contribution is 2.23. The van der Waals surface area contributed by atoms with Gasteiger partial charge in [0.15, 0.2) is 5.69 Å². The van der Waals surface area contributed by atoms with Crippen LogP contribution in [0.25, 0.3) is 0 Å². The monoisotopic (exact) mass is 431 g/mol. The van der Waals surface area contributed by atoms with Crippen LogP contribution in [0.15, 0.2) is 59.2 Å². The van der Waals surface area contributed by atoms with Gasteiger partial charge in [0, 0.05) is 29.2 Å². The zero-order chi connectivity index (χ0) is 20.8. The first kappa shape index (κ1) is 21.4. The van der Waals surface area contributed by atoms with Gasteiger partial charge in [-0.25, -0.2) is 4.98 Å². The second kappa shape index (κ2) is 9.92. The molecule has 2 aromatic carbocycles. The normalized spacial score (nSPS) is 11.2. The Balaban J connectivity index is 1.62. The average molecular weight is 432 g/mol. The highest BCUT2D eigenvalue weighted by atomic mass is 35.5. The van der Waals surface area contributed by atoms with E-state index in [1.807, 2.05) is 42.5 Å². The minimum atomic E-state index is -0.263. The summed E-state index contributed by atoms with van der Waals surface area (Å²) in [5, 5.41) is 4.08. The third-order valence-electron chi connectivity index (χ3n) is 4.54. The molecule has 0 saturated heterocycles. The number of nitrogens with one attached hydrogen (secondary N) is 1. The zero-order valence-electron chi connectivity index (χ0n) is 16.4. The molecule has 3 aromatic rings. The lowest BCUT2D eigenvalue weighted by Gasteiger charge is -2.25. The third-order valence-corrected chi connectivity index (χ3v) is 5.12. The van der Waals surface area contributed by atoms with E-state index >= 15 is 0 Å². The lowest BCUT2D eigenvalue weighted by Crippen LogP contribution is -2.30. The van der Waals surface area contributed by atoms with Gasteiger partial charge < -0.3 is 9.73 Å². The van der Waals surface area contributed by atoms with E-state index < -0.39 is 0 Å². The summed E-state index contributed by atoms with van der Waals surface area (Å²) in [7, 11) is 0. The predicted octanol–water partition coefficient (Wildman–Crippen LogP) is 5.32. The van der Waals surface area contributed by atoms with Crippen LogP contribution < -0.4 is 5.32 Å². The Hall–Kier alpha value is -2.34. The summed E-state index contributed by atoms with van der Waals surface area (Å²) >= 11 is 12.3. The van der Waals surface area contributed by atoms with Crippen LogP contribution in [0.3, 0.4) is 0 Å². The summed E-state index contributed by atoms with van der Waals surface area (Å²) in [5.41, 5.74) is 2.26. The molecular formula is C22H23Cl2N3O2. The standard InChI is InChI=1S/C22H23Cl2N3O2/c1-15(2)27(12-17-8-9-18(23)10-19(17)24)13-21-26-20(14-29-21)22(28)25-11-16-6-4-3-5-7-16/h3-10,14-15H,11-13H2,1-2H3,(H,25,28). The molecule has 0 radical (unpaired) electrons. The van der Waals surface area contributed by atoms with Crippen molar-refractivity contribution in [3.05, 3.63) is 87.6 Å². The molecule has 0 fully saturated rings. The van der Waals surface area contributed by atoms with Crippen LogP contribution >= 0.6 is 23.2 Å². The fourth-order valence-electron chi connectivity index (χ4n) is 2.82. The van der Waals surface area contributed by atoms with E-state index in [0.717, 1.165) is 11.1 Å². The number of halogens is 2. The maximum Gasteiger partial charge on any atom is 0.273 e. The number of oxazole rings is 1. The molecule has 152 valence electrons. The van der Waals surface area contributed by atoms with Crippen molar-refractivity contribution in [3.63, 3.8) is 0 Å². The van der Waals surface area contributed by atoms with E-state index in [4.69, 9.17) is 27.6 Å². The summed E-state index contributed by atoms with van der Waals surface area (Å²) in [6.07, 6.45) is 1.39. The maximum absolute atomic E-state index is 12.3. The fraction of sp³-hybridized carbons (Fsp3) is 0.273. The van der Waals surface area contributed by atoms with Gasteiger partial charge in [0.25, 0.3) is 5.91 Å². The lowest BCUT2D eigenvalue weighted by atomic mass is 10.2. The van der Waals surface area contributed by atoms with Crippen LogP contribution in [0.2, 0.25) is 10.0 Å². The molecule has 1 N–H and O–H groups in total. The van der Waals surface area contributed by atoms with Crippen molar-refractivity contribution in [1.29, 1.82) is 0 Å². The van der Waals surface area contributed by atoms with Gasteiger partial charge in [-0.3, -0.25) is 9.69 Å². The second-order valence-electron chi connectivity index (χ2n) is 7.03. The van der Waals surface area contributed by atoms with Crippen molar-refractivity contribution in [1.82, 2.24) is 15.2 Å². The van der Waals surface area contributed by atoms with Gasteiger partial charge in [-0.2, -0.15) is 0 Å². The first-order valence-corrected chi connectivity index (χ1v) is 10.1. The van der Waals surface area contributed by atoms with E-state index in [1.165, 1.54) is 6.26 Å². The summed E-state index contributed by atoms with van der Waals surface area (Å²) in [5.74, 6) is 0.217. The van der Waals surface area contributed by atoms with Crippen LogP contribution in [0.4, 0.5) is 0 Å². The summed E-state index contributed by atoms with van der Waals surface area (Å²) in [6, 6.07) is 15.4. The van der Waals surface area contributed by atoms with Crippen LogP contribution in [0.1, 0.15) is 41.4 Å². The molecule has 0 aliphatic rings. The predicted molar refractivity (Wildman–Crippen MR) is 115 cm³/mol. The second-order valence-corrected chi connectivity index (χ2v) is 7.87. The first-order valence-electron chi connectivity index (χ1n) is 9.37. The minimum Gasteiger partial charge on any atom is -0.447 e. The van der Waals surface area contributed by atoms with E-state index in [-0.39, 0.29) is 17.6 Å². The van der Waals surface area contributed by atoms with Gasteiger partial charge in [-0.15, -0.1) is 0 Å². The molecule has 0 saturated carbocycles. The molecule has 0 aliphatic heterocycles. The molecule has 0 spiro atoms. The summed E-state index contributed by atoms with van der Waals surface area (Å²) < 4.78 is 5.54. The quantitative estimate of drug-likeness (QED) is 0.523. The first-order chi connectivity index (χ1) is 13.9. The van der Waals surface area contributed by atoms with Crippen LogP contribution in [-0.4, -0.2) is 21.8 Å². The number of hydrogen-bond donors (Lipinski definition) is 1. The smallest absolute Gasteiger partial charge is 0.273 e. The number of amides is 1. The molecule has 0 atom stereocenters. The molecule has 7 heteroatoms. The number of rotatable bonds is 8. The van der Waals surface area contributed by atoms with Crippen LogP contribution in [-0.2, 0) is 19.6 Å².